The molecule has 0 bridgehead atoms. The fourth-order valence-corrected chi connectivity index (χ4v) is 4.19. The molecule has 0 saturated carbocycles. The molecule has 2 aromatic carbocycles. The molecule has 126 valence electrons. The molecular weight excluding hydrogens is 324 g/mol. The van der Waals surface area contributed by atoms with E-state index in [1.54, 1.807) is 14.0 Å². The number of sulfonamides is 1. The van der Waals surface area contributed by atoms with E-state index in [1.807, 2.05) is 37.3 Å². The minimum atomic E-state index is -3.66. The Hall–Kier alpha value is -2.36. The number of benzene rings is 2. The maximum atomic E-state index is 12.9. The Morgan fingerprint density at radius 3 is 2.42 bits per heavy atom. The van der Waals surface area contributed by atoms with Crippen LogP contribution in [0.3, 0.4) is 0 Å². The number of methoxy groups -OCH3 is 1. The number of hydrogen-bond donors (Lipinski definition) is 0. The average Bonchev–Trinajstić information content (AvgIpc) is 2.62. The van der Waals surface area contributed by atoms with E-state index in [0.29, 0.717) is 17.9 Å². The van der Waals surface area contributed by atoms with Crippen LogP contribution >= 0.6 is 0 Å². The summed E-state index contributed by atoms with van der Waals surface area (Å²) >= 11 is 0. The molecule has 5 nitrogen and oxygen atoms in total. The zero-order valence-corrected chi connectivity index (χ0v) is 14.7. The molecule has 0 aliphatic heterocycles. The lowest BCUT2D eigenvalue weighted by Crippen LogP contribution is -2.33. The van der Waals surface area contributed by atoms with Crippen molar-refractivity contribution in [3.63, 3.8) is 0 Å². The van der Waals surface area contributed by atoms with Crippen LogP contribution < -0.4 is 4.74 Å². The van der Waals surface area contributed by atoms with Gasteiger partial charge in [0.1, 0.15) is 5.75 Å². The van der Waals surface area contributed by atoms with Crippen LogP contribution in [-0.4, -0.2) is 26.4 Å². The van der Waals surface area contributed by atoms with E-state index >= 15 is 0 Å². The smallest absolute Gasteiger partial charge is 0.243 e. The Labute approximate surface area is 143 Å². The summed E-state index contributed by atoms with van der Waals surface area (Å²) in [7, 11) is -2.08. The zero-order valence-electron chi connectivity index (χ0n) is 13.9. The Morgan fingerprint density at radius 2 is 1.88 bits per heavy atom. The molecule has 0 saturated heterocycles. The van der Waals surface area contributed by atoms with E-state index in [4.69, 9.17) is 10.00 Å². The average molecular weight is 344 g/mol. The molecule has 0 radical (unpaired) electrons. The Morgan fingerprint density at radius 1 is 1.21 bits per heavy atom. The van der Waals surface area contributed by atoms with Gasteiger partial charge in [-0.15, -0.1) is 0 Å². The van der Waals surface area contributed by atoms with E-state index in [-0.39, 0.29) is 10.9 Å². The number of ether oxygens (including phenoxy) is 1. The van der Waals surface area contributed by atoms with Gasteiger partial charge in [0, 0.05) is 12.6 Å². The molecule has 0 aliphatic carbocycles. The highest BCUT2D eigenvalue weighted by atomic mass is 32.2. The first-order chi connectivity index (χ1) is 11.4. The lowest BCUT2D eigenvalue weighted by Gasteiger charge is -2.27. The first-order valence-corrected chi connectivity index (χ1v) is 9.04. The topological polar surface area (TPSA) is 70.4 Å². The number of rotatable bonds is 6. The van der Waals surface area contributed by atoms with E-state index in [9.17, 15) is 8.42 Å². The zero-order chi connectivity index (χ0) is 17.7. The second kappa shape index (κ2) is 7.47. The van der Waals surface area contributed by atoms with Crippen molar-refractivity contribution in [2.24, 2.45) is 0 Å². The van der Waals surface area contributed by atoms with Crippen LogP contribution in [0.5, 0.6) is 5.75 Å². The van der Waals surface area contributed by atoms with Gasteiger partial charge in [0.2, 0.25) is 10.0 Å². The molecule has 0 aliphatic rings. The van der Waals surface area contributed by atoms with Crippen molar-refractivity contribution in [3.05, 3.63) is 59.7 Å². The molecule has 1 atom stereocenters. The van der Waals surface area contributed by atoms with Crippen LogP contribution in [0.25, 0.3) is 0 Å². The summed E-state index contributed by atoms with van der Waals surface area (Å²) in [6.07, 6.45) is 0. The maximum absolute atomic E-state index is 12.9. The van der Waals surface area contributed by atoms with Crippen molar-refractivity contribution >= 4 is 10.0 Å². The molecule has 2 aromatic rings. The normalized spacial score (nSPS) is 12.6. The molecule has 0 fully saturated rings. The van der Waals surface area contributed by atoms with Gasteiger partial charge in [-0.25, -0.2) is 8.42 Å². The molecule has 2 rings (SSSR count). The van der Waals surface area contributed by atoms with Crippen LogP contribution in [0.1, 0.15) is 31.0 Å². The van der Waals surface area contributed by atoms with E-state index in [0.717, 1.165) is 5.56 Å². The molecule has 0 aromatic heterocycles. The van der Waals surface area contributed by atoms with Gasteiger partial charge in [-0.3, -0.25) is 0 Å². The largest absolute Gasteiger partial charge is 0.497 e. The molecule has 6 heteroatoms. The minimum Gasteiger partial charge on any atom is -0.497 e. The third-order valence-corrected chi connectivity index (χ3v) is 5.97. The predicted molar refractivity (Wildman–Crippen MR) is 92.1 cm³/mol. The Balaban J connectivity index is 2.39. The lowest BCUT2D eigenvalue weighted by atomic mass is 10.1. The monoisotopic (exact) mass is 344 g/mol. The van der Waals surface area contributed by atoms with Gasteiger partial charge in [-0.1, -0.05) is 19.1 Å². The van der Waals surface area contributed by atoms with Gasteiger partial charge >= 0.3 is 0 Å². The summed E-state index contributed by atoms with van der Waals surface area (Å²) in [6, 6.07) is 15.0. The second-order valence-corrected chi connectivity index (χ2v) is 7.19. The summed E-state index contributed by atoms with van der Waals surface area (Å²) in [5.41, 5.74) is 1.28. The maximum Gasteiger partial charge on any atom is 0.243 e. The summed E-state index contributed by atoms with van der Waals surface area (Å²) in [5, 5.41) is 8.85. The van der Waals surface area contributed by atoms with Gasteiger partial charge in [-0.2, -0.15) is 9.57 Å². The number of nitrogens with zero attached hydrogens (tertiary/aromatic N) is 2. The van der Waals surface area contributed by atoms with Crippen LogP contribution in [0.15, 0.2) is 53.4 Å². The first-order valence-electron chi connectivity index (χ1n) is 7.60. The van der Waals surface area contributed by atoms with Crippen molar-refractivity contribution in [1.29, 1.82) is 5.26 Å². The minimum absolute atomic E-state index is 0.179. The third kappa shape index (κ3) is 3.58. The Kier molecular flexibility index (Phi) is 5.60. The summed E-state index contributed by atoms with van der Waals surface area (Å²) in [4.78, 5) is 0.179. The van der Waals surface area contributed by atoms with Crippen LogP contribution in [0.2, 0.25) is 0 Å². The van der Waals surface area contributed by atoms with E-state index in [2.05, 4.69) is 0 Å². The Bertz CT molecular complexity index is 839. The van der Waals surface area contributed by atoms with Gasteiger partial charge in [0.15, 0.2) is 0 Å². The predicted octanol–water partition coefficient (Wildman–Crippen LogP) is 3.34. The highest BCUT2D eigenvalue weighted by Crippen LogP contribution is 2.29. The molecule has 0 amide bonds. The highest BCUT2D eigenvalue weighted by Gasteiger charge is 2.28. The summed E-state index contributed by atoms with van der Waals surface area (Å²) < 4.78 is 32.5. The van der Waals surface area contributed by atoms with Crippen LogP contribution in [0, 0.1) is 11.3 Å². The number of nitriles is 1. The van der Waals surface area contributed by atoms with Crippen LogP contribution in [0.4, 0.5) is 0 Å². The van der Waals surface area contributed by atoms with Gasteiger partial charge in [0.25, 0.3) is 0 Å². The SMILES string of the molecule is CCN(C(C)c1cccc(OC)c1)S(=O)(=O)c1ccc(C#N)cc1. The van der Waals surface area contributed by atoms with Crippen LogP contribution in [-0.2, 0) is 10.0 Å². The fraction of sp³-hybridized carbons (Fsp3) is 0.278. The fourth-order valence-electron chi connectivity index (χ4n) is 2.56. The van der Waals surface area contributed by atoms with Gasteiger partial charge in [0.05, 0.1) is 23.6 Å². The molecule has 0 N–H and O–H groups in total. The molecule has 1 unspecified atom stereocenters. The lowest BCUT2D eigenvalue weighted by molar-refractivity contribution is 0.354. The quantitative estimate of drug-likeness (QED) is 0.806. The van der Waals surface area contributed by atoms with Crippen molar-refractivity contribution in [2.75, 3.05) is 13.7 Å². The standard InChI is InChI=1S/C18H20N2O3S/c1-4-20(14(2)16-6-5-7-17(12-16)23-3)24(21,22)18-10-8-15(13-19)9-11-18/h5-12,14H,4H2,1-3H3. The highest BCUT2D eigenvalue weighted by molar-refractivity contribution is 7.89. The van der Waals surface area contributed by atoms with Gasteiger partial charge in [-0.05, 0) is 48.9 Å². The molecule has 24 heavy (non-hydrogen) atoms. The summed E-state index contributed by atoms with van der Waals surface area (Å²) in [6.45, 7) is 3.98. The molecular formula is C18H20N2O3S. The summed E-state index contributed by atoms with van der Waals surface area (Å²) in [5.74, 6) is 0.686. The molecule has 0 heterocycles. The van der Waals surface area contributed by atoms with E-state index in [1.165, 1.54) is 28.6 Å². The third-order valence-electron chi connectivity index (χ3n) is 3.91. The van der Waals surface area contributed by atoms with Crippen molar-refractivity contribution in [3.8, 4) is 11.8 Å². The number of hydrogen-bond acceptors (Lipinski definition) is 4. The van der Waals surface area contributed by atoms with Crippen molar-refractivity contribution < 1.29 is 13.2 Å². The van der Waals surface area contributed by atoms with E-state index < -0.39 is 10.0 Å². The molecule has 0 spiro atoms. The van der Waals surface area contributed by atoms with Crippen molar-refractivity contribution in [1.82, 2.24) is 4.31 Å². The second-order valence-electron chi connectivity index (χ2n) is 5.30. The van der Waals surface area contributed by atoms with Crippen molar-refractivity contribution in [2.45, 2.75) is 24.8 Å². The van der Waals surface area contributed by atoms with Gasteiger partial charge < -0.3 is 4.74 Å². The first kappa shape index (κ1) is 18.0.